The summed E-state index contributed by atoms with van der Waals surface area (Å²) in [6.45, 7) is 0.927. The van der Waals surface area contributed by atoms with Gasteiger partial charge in [-0.25, -0.2) is 0 Å². The summed E-state index contributed by atoms with van der Waals surface area (Å²) in [5.41, 5.74) is 2.83. The second-order valence-electron chi connectivity index (χ2n) is 7.20. The molecular formula is C25H21IN2O4. The maximum atomic E-state index is 11.0. The van der Waals surface area contributed by atoms with E-state index in [9.17, 15) is 10.1 Å². The lowest BCUT2D eigenvalue weighted by Crippen LogP contribution is -2.04. The molecule has 0 heterocycles. The van der Waals surface area contributed by atoms with E-state index in [2.05, 4.69) is 52.2 Å². The van der Waals surface area contributed by atoms with Crippen LogP contribution in [0.3, 0.4) is 0 Å². The lowest BCUT2D eigenvalue weighted by atomic mass is 10.1. The second-order valence-corrected chi connectivity index (χ2v) is 8.36. The molecule has 4 rings (SSSR count). The molecule has 4 aromatic rings. The molecule has 0 amide bonds. The van der Waals surface area contributed by atoms with Gasteiger partial charge in [-0.3, -0.25) is 10.1 Å². The molecule has 0 saturated carbocycles. The normalized spacial score (nSPS) is 10.7. The summed E-state index contributed by atoms with van der Waals surface area (Å²) in [6.07, 6.45) is 0. The van der Waals surface area contributed by atoms with Crippen molar-refractivity contribution >= 4 is 44.7 Å². The van der Waals surface area contributed by atoms with Gasteiger partial charge in [-0.1, -0.05) is 48.5 Å². The molecular weight excluding hydrogens is 519 g/mol. The predicted molar refractivity (Wildman–Crippen MR) is 134 cm³/mol. The van der Waals surface area contributed by atoms with E-state index in [0.717, 1.165) is 14.7 Å². The highest BCUT2D eigenvalue weighted by Gasteiger charge is 2.13. The number of non-ortho nitro benzene ring substituents is 1. The van der Waals surface area contributed by atoms with E-state index >= 15 is 0 Å². The number of nitrogens with zero attached hydrogens (tertiary/aromatic N) is 1. The fraction of sp³-hybridized carbons (Fsp3) is 0.120. The van der Waals surface area contributed by atoms with Crippen LogP contribution in [-0.4, -0.2) is 12.0 Å². The Hall–Kier alpha value is -3.33. The van der Waals surface area contributed by atoms with Crippen LogP contribution in [-0.2, 0) is 13.2 Å². The van der Waals surface area contributed by atoms with E-state index in [1.165, 1.54) is 22.9 Å². The largest absolute Gasteiger partial charge is 0.493 e. The van der Waals surface area contributed by atoms with Crippen molar-refractivity contribution in [1.82, 2.24) is 0 Å². The summed E-state index contributed by atoms with van der Waals surface area (Å²) in [5.74, 6) is 1.34. The van der Waals surface area contributed by atoms with E-state index in [1.54, 1.807) is 19.2 Å². The number of nitrogens with one attached hydrogen (secondary N) is 1. The van der Waals surface area contributed by atoms with Crippen LogP contribution >= 0.6 is 22.6 Å². The monoisotopic (exact) mass is 540 g/mol. The average molecular weight is 540 g/mol. The minimum absolute atomic E-state index is 0.0549. The van der Waals surface area contributed by atoms with Gasteiger partial charge in [0, 0.05) is 24.4 Å². The van der Waals surface area contributed by atoms with Crippen molar-refractivity contribution < 1.29 is 14.4 Å². The van der Waals surface area contributed by atoms with Gasteiger partial charge in [0.15, 0.2) is 11.5 Å². The fourth-order valence-electron chi connectivity index (χ4n) is 3.52. The molecule has 6 nitrogen and oxygen atoms in total. The van der Waals surface area contributed by atoms with E-state index in [0.29, 0.717) is 30.3 Å². The number of ether oxygens (including phenoxy) is 2. The Balaban J connectivity index is 1.51. The molecule has 32 heavy (non-hydrogen) atoms. The summed E-state index contributed by atoms with van der Waals surface area (Å²) < 4.78 is 12.7. The van der Waals surface area contributed by atoms with Gasteiger partial charge in [-0.2, -0.15) is 0 Å². The van der Waals surface area contributed by atoms with E-state index in [1.807, 2.05) is 30.3 Å². The molecule has 4 aromatic carbocycles. The lowest BCUT2D eigenvalue weighted by molar-refractivity contribution is -0.384. The molecule has 0 aromatic heterocycles. The third kappa shape index (κ3) is 4.94. The van der Waals surface area contributed by atoms with Crippen molar-refractivity contribution in [2.75, 3.05) is 12.4 Å². The number of fused-ring (bicyclic) bond motifs is 1. The Labute approximate surface area is 199 Å². The highest BCUT2D eigenvalue weighted by molar-refractivity contribution is 14.1. The molecule has 0 aliphatic carbocycles. The van der Waals surface area contributed by atoms with Gasteiger partial charge in [-0.05, 0) is 62.7 Å². The van der Waals surface area contributed by atoms with Crippen LogP contribution < -0.4 is 14.8 Å². The Morgan fingerprint density at radius 1 is 1.00 bits per heavy atom. The molecule has 162 valence electrons. The topological polar surface area (TPSA) is 73.6 Å². The molecule has 0 atom stereocenters. The number of benzene rings is 4. The summed E-state index contributed by atoms with van der Waals surface area (Å²) in [5, 5.41) is 16.6. The number of anilines is 1. The summed E-state index contributed by atoms with van der Waals surface area (Å²) in [7, 11) is 1.62. The van der Waals surface area contributed by atoms with Gasteiger partial charge in [0.1, 0.15) is 6.61 Å². The molecule has 0 saturated heterocycles. The van der Waals surface area contributed by atoms with Crippen molar-refractivity contribution in [1.29, 1.82) is 0 Å². The Morgan fingerprint density at radius 2 is 1.78 bits per heavy atom. The number of halogens is 1. The number of hydrogen-bond acceptors (Lipinski definition) is 5. The van der Waals surface area contributed by atoms with E-state index in [4.69, 9.17) is 9.47 Å². The summed E-state index contributed by atoms with van der Waals surface area (Å²) in [6, 6.07) is 24.8. The molecule has 1 N–H and O–H groups in total. The lowest BCUT2D eigenvalue weighted by Gasteiger charge is -2.16. The first-order valence-corrected chi connectivity index (χ1v) is 11.1. The van der Waals surface area contributed by atoms with Crippen LogP contribution in [0, 0.1) is 13.7 Å². The number of methoxy groups -OCH3 is 1. The van der Waals surface area contributed by atoms with Crippen LogP contribution in [0.1, 0.15) is 11.1 Å². The molecule has 0 aliphatic heterocycles. The molecule has 7 heteroatoms. The van der Waals surface area contributed by atoms with Crippen molar-refractivity contribution in [3.8, 4) is 11.5 Å². The molecule has 0 radical (unpaired) electrons. The van der Waals surface area contributed by atoms with E-state index in [-0.39, 0.29) is 5.69 Å². The number of rotatable bonds is 8. The third-order valence-electron chi connectivity index (χ3n) is 5.09. The Bertz CT molecular complexity index is 1270. The first-order chi connectivity index (χ1) is 15.5. The maximum absolute atomic E-state index is 11.0. The Kier molecular flexibility index (Phi) is 6.75. The predicted octanol–water partition coefficient (Wildman–Crippen LogP) is 6.55. The van der Waals surface area contributed by atoms with Crippen molar-refractivity contribution in [2.45, 2.75) is 13.2 Å². The van der Waals surface area contributed by atoms with Gasteiger partial charge < -0.3 is 14.8 Å². The third-order valence-corrected chi connectivity index (χ3v) is 5.90. The quantitative estimate of drug-likeness (QED) is 0.156. The minimum atomic E-state index is -0.404. The van der Waals surface area contributed by atoms with Crippen molar-refractivity contribution in [3.63, 3.8) is 0 Å². The van der Waals surface area contributed by atoms with Crippen molar-refractivity contribution in [2.24, 2.45) is 0 Å². The summed E-state index contributed by atoms with van der Waals surface area (Å²) in [4.78, 5) is 10.6. The second kappa shape index (κ2) is 9.86. The Morgan fingerprint density at radius 3 is 2.59 bits per heavy atom. The van der Waals surface area contributed by atoms with Crippen LogP contribution in [0.25, 0.3) is 10.8 Å². The molecule has 0 fully saturated rings. The smallest absolute Gasteiger partial charge is 0.271 e. The minimum Gasteiger partial charge on any atom is -0.493 e. The summed E-state index contributed by atoms with van der Waals surface area (Å²) >= 11 is 2.24. The van der Waals surface area contributed by atoms with Gasteiger partial charge in [0.25, 0.3) is 5.69 Å². The highest BCUT2D eigenvalue weighted by atomic mass is 127. The van der Waals surface area contributed by atoms with Crippen LogP contribution in [0.2, 0.25) is 0 Å². The van der Waals surface area contributed by atoms with Gasteiger partial charge in [0.2, 0.25) is 0 Å². The fourth-order valence-corrected chi connectivity index (χ4v) is 4.34. The molecule has 0 bridgehead atoms. The van der Waals surface area contributed by atoms with Crippen LogP contribution in [0.15, 0.2) is 78.9 Å². The van der Waals surface area contributed by atoms with E-state index < -0.39 is 4.92 Å². The van der Waals surface area contributed by atoms with Crippen LogP contribution in [0.5, 0.6) is 11.5 Å². The van der Waals surface area contributed by atoms with Gasteiger partial charge >= 0.3 is 0 Å². The zero-order valence-corrected chi connectivity index (χ0v) is 19.5. The zero-order valence-electron chi connectivity index (χ0n) is 17.4. The van der Waals surface area contributed by atoms with Gasteiger partial charge in [-0.15, -0.1) is 0 Å². The molecule has 0 unspecified atom stereocenters. The SMILES string of the molecule is COc1cc(CNc2cccc([N+](=O)[O-])c2)cc(I)c1OCc1cccc2ccccc12. The highest BCUT2D eigenvalue weighted by Crippen LogP contribution is 2.35. The maximum Gasteiger partial charge on any atom is 0.271 e. The van der Waals surface area contributed by atoms with Crippen molar-refractivity contribution in [3.05, 3.63) is 104 Å². The number of nitro groups is 1. The van der Waals surface area contributed by atoms with Crippen LogP contribution in [0.4, 0.5) is 11.4 Å². The standard InChI is InChI=1S/C25H21IN2O4/c1-31-24-13-17(15-27-20-9-5-10-21(14-20)28(29)30)12-23(26)25(24)32-16-19-8-4-7-18-6-2-3-11-22(18)19/h2-14,27H,15-16H2,1H3. The number of hydrogen-bond donors (Lipinski definition) is 1. The first-order valence-electron chi connectivity index (χ1n) is 9.99. The molecule has 0 aliphatic rings. The molecule has 0 spiro atoms. The average Bonchev–Trinajstić information content (AvgIpc) is 2.82. The first kappa shape index (κ1) is 21.9. The van der Waals surface area contributed by atoms with Gasteiger partial charge in [0.05, 0.1) is 15.6 Å². The number of nitro benzene ring substituents is 1. The zero-order chi connectivity index (χ0) is 22.5.